The van der Waals surface area contributed by atoms with Gasteiger partial charge >= 0.3 is 11.9 Å². The molecule has 43 heavy (non-hydrogen) atoms. The van der Waals surface area contributed by atoms with Gasteiger partial charge in [-0.25, -0.2) is 0 Å². The number of nitrogens with one attached hydrogen (secondary N) is 1. The number of esters is 1. The number of hydrogen-bond acceptors (Lipinski definition) is 4. The van der Waals surface area contributed by atoms with E-state index in [-0.39, 0.29) is 31.3 Å². The van der Waals surface area contributed by atoms with Gasteiger partial charge in [-0.05, 0) is 19.3 Å². The summed E-state index contributed by atoms with van der Waals surface area (Å²) in [4.78, 5) is 35.6. The van der Waals surface area contributed by atoms with Gasteiger partial charge in [0.15, 0.2) is 0 Å². The van der Waals surface area contributed by atoms with Gasteiger partial charge in [-0.1, -0.05) is 168 Å². The van der Waals surface area contributed by atoms with E-state index in [0.29, 0.717) is 12.8 Å². The van der Waals surface area contributed by atoms with Crippen LogP contribution in [0.15, 0.2) is 0 Å². The molecule has 0 aromatic heterocycles. The molecule has 2 N–H and O–H groups in total. The molecule has 1 atom stereocenters. The Morgan fingerprint density at radius 2 is 0.907 bits per heavy atom. The summed E-state index contributed by atoms with van der Waals surface area (Å²) in [6.07, 6.45) is 33.8. The second kappa shape index (κ2) is 33.3. The van der Waals surface area contributed by atoms with E-state index in [2.05, 4.69) is 19.2 Å². The Labute approximate surface area is 266 Å². The Bertz CT molecular complexity index is 638. The van der Waals surface area contributed by atoms with E-state index in [4.69, 9.17) is 9.84 Å². The first kappa shape index (κ1) is 41.4. The summed E-state index contributed by atoms with van der Waals surface area (Å²) in [7, 11) is 0. The van der Waals surface area contributed by atoms with Crippen molar-refractivity contribution in [3.8, 4) is 0 Å². The fourth-order valence-electron chi connectivity index (χ4n) is 5.71. The first-order valence-electron chi connectivity index (χ1n) is 18.7. The molecule has 6 heteroatoms. The SMILES string of the molecule is CCCCCCCCCCCCCCCC(=O)OC(CCCCCCCCCCCCCCC)CC(=O)NCCC(=O)O. The van der Waals surface area contributed by atoms with E-state index in [1.165, 1.54) is 135 Å². The Morgan fingerprint density at radius 3 is 1.30 bits per heavy atom. The van der Waals surface area contributed by atoms with Crippen LogP contribution >= 0.6 is 0 Å². The molecular weight excluding hydrogens is 538 g/mol. The van der Waals surface area contributed by atoms with Crippen molar-refractivity contribution in [2.75, 3.05) is 6.54 Å². The van der Waals surface area contributed by atoms with Crippen molar-refractivity contribution in [2.45, 2.75) is 213 Å². The molecule has 0 bridgehead atoms. The molecule has 1 amide bonds. The number of carboxylic acid groups (broad SMARTS) is 1. The third kappa shape index (κ3) is 33.1. The van der Waals surface area contributed by atoms with E-state index in [0.717, 1.165) is 32.1 Å². The minimum absolute atomic E-state index is 0.103. The Morgan fingerprint density at radius 1 is 0.535 bits per heavy atom. The van der Waals surface area contributed by atoms with Gasteiger partial charge < -0.3 is 15.2 Å². The molecule has 0 aromatic rings. The van der Waals surface area contributed by atoms with Gasteiger partial charge in [0.1, 0.15) is 6.10 Å². The molecule has 6 nitrogen and oxygen atoms in total. The highest BCUT2D eigenvalue weighted by molar-refractivity contribution is 5.78. The standard InChI is InChI=1S/C37H71NO5/c1-3-5-7-9-11-13-15-17-19-21-23-25-27-29-34(33-35(39)38-32-31-36(40)41)43-37(42)30-28-26-24-22-20-18-16-14-12-10-8-6-4-2/h34H,3-33H2,1-2H3,(H,38,39)(H,40,41). The Balaban J connectivity index is 4.06. The predicted octanol–water partition coefficient (Wildman–Crippen LogP) is 10.8. The molecule has 0 aromatic carbocycles. The molecule has 1 unspecified atom stereocenters. The van der Waals surface area contributed by atoms with Crippen LogP contribution in [0.25, 0.3) is 0 Å². The molecule has 0 spiro atoms. The number of aliphatic carboxylic acids is 1. The van der Waals surface area contributed by atoms with Crippen LogP contribution in [0.4, 0.5) is 0 Å². The van der Waals surface area contributed by atoms with Crippen molar-refractivity contribution in [2.24, 2.45) is 0 Å². The summed E-state index contributed by atoms with van der Waals surface area (Å²) in [5, 5.41) is 11.5. The summed E-state index contributed by atoms with van der Waals surface area (Å²) in [6, 6.07) is 0. The lowest BCUT2D eigenvalue weighted by molar-refractivity contribution is -0.151. The summed E-state index contributed by atoms with van der Waals surface area (Å²) in [5.41, 5.74) is 0. The Kier molecular flexibility index (Phi) is 32.1. The zero-order chi connectivity index (χ0) is 31.6. The van der Waals surface area contributed by atoms with Crippen LogP contribution in [0.5, 0.6) is 0 Å². The fraction of sp³-hybridized carbons (Fsp3) is 0.919. The van der Waals surface area contributed by atoms with E-state index in [9.17, 15) is 14.4 Å². The smallest absolute Gasteiger partial charge is 0.306 e. The van der Waals surface area contributed by atoms with Gasteiger partial charge in [-0.2, -0.15) is 0 Å². The van der Waals surface area contributed by atoms with Gasteiger partial charge in [0.2, 0.25) is 5.91 Å². The average molecular weight is 610 g/mol. The Hall–Kier alpha value is -1.59. The van der Waals surface area contributed by atoms with Gasteiger partial charge in [-0.15, -0.1) is 0 Å². The highest BCUT2D eigenvalue weighted by Crippen LogP contribution is 2.17. The summed E-state index contributed by atoms with van der Waals surface area (Å²) in [5.74, 6) is -1.39. The first-order valence-corrected chi connectivity index (χ1v) is 18.7. The average Bonchev–Trinajstić information content (AvgIpc) is 2.97. The van der Waals surface area contributed by atoms with Crippen LogP contribution < -0.4 is 5.32 Å². The fourth-order valence-corrected chi connectivity index (χ4v) is 5.71. The van der Waals surface area contributed by atoms with Crippen molar-refractivity contribution >= 4 is 17.8 Å². The summed E-state index contributed by atoms with van der Waals surface area (Å²) in [6.45, 7) is 4.62. The number of unbranched alkanes of at least 4 members (excludes halogenated alkanes) is 24. The molecule has 0 saturated carbocycles. The lowest BCUT2D eigenvalue weighted by Crippen LogP contribution is -2.31. The van der Waals surface area contributed by atoms with E-state index < -0.39 is 12.1 Å². The molecule has 0 radical (unpaired) electrons. The van der Waals surface area contributed by atoms with Crippen LogP contribution in [0.1, 0.15) is 206 Å². The molecular formula is C37H71NO5. The molecule has 0 aliphatic rings. The monoisotopic (exact) mass is 610 g/mol. The highest BCUT2D eigenvalue weighted by Gasteiger charge is 2.18. The first-order chi connectivity index (χ1) is 21.0. The molecule has 0 rings (SSSR count). The highest BCUT2D eigenvalue weighted by atomic mass is 16.5. The van der Waals surface area contributed by atoms with Crippen molar-refractivity contribution < 1.29 is 24.2 Å². The largest absolute Gasteiger partial charge is 0.481 e. The molecule has 0 saturated heterocycles. The quantitative estimate of drug-likeness (QED) is 0.0559. The van der Waals surface area contributed by atoms with E-state index in [1.54, 1.807) is 0 Å². The number of hydrogen-bond donors (Lipinski definition) is 2. The lowest BCUT2D eigenvalue weighted by atomic mass is 10.0. The van der Waals surface area contributed by atoms with Gasteiger partial charge in [0.25, 0.3) is 0 Å². The molecule has 0 aliphatic heterocycles. The van der Waals surface area contributed by atoms with Crippen LogP contribution in [-0.4, -0.2) is 35.6 Å². The molecule has 0 fully saturated rings. The number of rotatable bonds is 34. The van der Waals surface area contributed by atoms with Crippen molar-refractivity contribution in [1.82, 2.24) is 5.32 Å². The maximum absolute atomic E-state index is 12.5. The van der Waals surface area contributed by atoms with Gasteiger partial charge in [0, 0.05) is 13.0 Å². The predicted molar refractivity (Wildman–Crippen MR) is 180 cm³/mol. The second-order valence-corrected chi connectivity index (χ2v) is 12.8. The molecule has 0 heterocycles. The zero-order valence-corrected chi connectivity index (χ0v) is 28.6. The van der Waals surface area contributed by atoms with Crippen LogP contribution in [-0.2, 0) is 19.1 Å². The van der Waals surface area contributed by atoms with Crippen LogP contribution in [0, 0.1) is 0 Å². The number of carbonyl (C=O) groups is 3. The van der Waals surface area contributed by atoms with Crippen molar-refractivity contribution in [3.05, 3.63) is 0 Å². The van der Waals surface area contributed by atoms with Crippen LogP contribution in [0.3, 0.4) is 0 Å². The number of carbonyl (C=O) groups excluding carboxylic acids is 2. The third-order valence-corrected chi connectivity index (χ3v) is 8.49. The normalized spacial score (nSPS) is 11.9. The van der Waals surface area contributed by atoms with Crippen LogP contribution in [0.2, 0.25) is 0 Å². The van der Waals surface area contributed by atoms with E-state index >= 15 is 0 Å². The van der Waals surface area contributed by atoms with Crippen molar-refractivity contribution in [3.63, 3.8) is 0 Å². The number of ether oxygens (including phenoxy) is 1. The zero-order valence-electron chi connectivity index (χ0n) is 28.6. The number of carboxylic acids is 1. The maximum atomic E-state index is 12.5. The minimum atomic E-state index is -0.937. The lowest BCUT2D eigenvalue weighted by Gasteiger charge is -2.18. The number of amides is 1. The minimum Gasteiger partial charge on any atom is -0.481 e. The third-order valence-electron chi connectivity index (χ3n) is 8.49. The van der Waals surface area contributed by atoms with Gasteiger partial charge in [-0.3, -0.25) is 14.4 Å². The topological polar surface area (TPSA) is 92.7 Å². The molecule has 254 valence electrons. The van der Waals surface area contributed by atoms with E-state index in [1.807, 2.05) is 0 Å². The summed E-state index contributed by atoms with van der Waals surface area (Å²) < 4.78 is 5.75. The molecule has 0 aliphatic carbocycles. The van der Waals surface area contributed by atoms with Crippen molar-refractivity contribution in [1.29, 1.82) is 0 Å². The summed E-state index contributed by atoms with van der Waals surface area (Å²) >= 11 is 0. The second-order valence-electron chi connectivity index (χ2n) is 12.8. The van der Waals surface area contributed by atoms with Gasteiger partial charge in [0.05, 0.1) is 12.8 Å². The maximum Gasteiger partial charge on any atom is 0.306 e.